The molecule has 1 rings (SSSR count). The number of carbonyl (C=O) groups is 2. The second kappa shape index (κ2) is 14.0. The van der Waals surface area contributed by atoms with Gasteiger partial charge in [0.2, 0.25) is 5.91 Å². The number of aliphatic hydroxyl groups is 3. The van der Waals surface area contributed by atoms with E-state index in [9.17, 15) is 24.9 Å². The average molecular weight is 404 g/mol. The van der Waals surface area contributed by atoms with Crippen LogP contribution in [0.2, 0.25) is 0 Å². The zero-order valence-electron chi connectivity index (χ0n) is 17.1. The van der Waals surface area contributed by atoms with Gasteiger partial charge in [-0.1, -0.05) is 26.2 Å². The molecule has 1 amide bonds. The number of carbonyl (C=O) groups excluding carboxylic acids is 2. The molecule has 0 aromatic carbocycles. The lowest BCUT2D eigenvalue weighted by atomic mass is 9.92. The van der Waals surface area contributed by atoms with E-state index < -0.39 is 37.1 Å². The van der Waals surface area contributed by atoms with Crippen LogP contribution in [0.4, 0.5) is 0 Å². The number of aliphatic hydroxyl groups excluding tert-OH is 3. The number of Topliss-reactive ketones (excluding diaryl/α,β-unsaturated/α-hetero) is 1. The van der Waals surface area contributed by atoms with Gasteiger partial charge in [0.05, 0.1) is 19.3 Å². The summed E-state index contributed by atoms with van der Waals surface area (Å²) in [5.41, 5.74) is 0. The number of nitrogens with one attached hydrogen (secondary N) is 1. The zero-order chi connectivity index (χ0) is 20.9. The fourth-order valence-electron chi connectivity index (χ4n) is 3.19. The molecule has 164 valence electrons. The van der Waals surface area contributed by atoms with Crippen LogP contribution in [0.5, 0.6) is 0 Å². The van der Waals surface area contributed by atoms with Gasteiger partial charge in [0.1, 0.15) is 18.0 Å². The van der Waals surface area contributed by atoms with Crippen LogP contribution in [0.1, 0.15) is 65.2 Å². The molecule has 8 heteroatoms. The van der Waals surface area contributed by atoms with E-state index in [4.69, 9.17) is 9.47 Å². The fourth-order valence-corrected chi connectivity index (χ4v) is 3.19. The number of unbranched alkanes of at least 4 members (excludes halogenated alkanes) is 4. The largest absolute Gasteiger partial charge is 0.394 e. The Kier molecular flexibility index (Phi) is 12.5. The van der Waals surface area contributed by atoms with E-state index in [1.165, 1.54) is 0 Å². The Hall–Kier alpha value is -1.06. The molecule has 1 aliphatic rings. The van der Waals surface area contributed by atoms with Gasteiger partial charge in [-0.2, -0.15) is 0 Å². The summed E-state index contributed by atoms with van der Waals surface area (Å²) in [7, 11) is 0. The summed E-state index contributed by atoms with van der Waals surface area (Å²) in [6.45, 7) is 3.86. The van der Waals surface area contributed by atoms with Crippen molar-refractivity contribution in [3.63, 3.8) is 0 Å². The molecule has 0 radical (unpaired) electrons. The van der Waals surface area contributed by atoms with Crippen molar-refractivity contribution in [2.24, 2.45) is 5.92 Å². The maximum atomic E-state index is 11.8. The van der Waals surface area contributed by atoms with Gasteiger partial charge in [-0.05, 0) is 26.2 Å². The van der Waals surface area contributed by atoms with Gasteiger partial charge in [-0.25, -0.2) is 0 Å². The third kappa shape index (κ3) is 9.43. The summed E-state index contributed by atoms with van der Waals surface area (Å²) < 4.78 is 11.1. The first-order valence-electron chi connectivity index (χ1n) is 10.4. The maximum absolute atomic E-state index is 11.8. The molecule has 0 spiro atoms. The number of rotatable bonds is 14. The Morgan fingerprint density at radius 3 is 2.36 bits per heavy atom. The minimum absolute atomic E-state index is 0.0264. The van der Waals surface area contributed by atoms with Crippen molar-refractivity contribution in [1.82, 2.24) is 5.32 Å². The minimum Gasteiger partial charge on any atom is -0.394 e. The summed E-state index contributed by atoms with van der Waals surface area (Å²) in [6, 6.07) is 0. The van der Waals surface area contributed by atoms with E-state index in [2.05, 4.69) is 5.32 Å². The Bertz CT molecular complexity index is 458. The average Bonchev–Trinajstić information content (AvgIpc) is 2.66. The van der Waals surface area contributed by atoms with Gasteiger partial charge in [-0.3, -0.25) is 4.79 Å². The fraction of sp³-hybridized carbons (Fsp3) is 0.900. The summed E-state index contributed by atoms with van der Waals surface area (Å²) in [5, 5.41) is 31.9. The monoisotopic (exact) mass is 403 g/mol. The normalized spacial score (nSPS) is 27.5. The van der Waals surface area contributed by atoms with Gasteiger partial charge in [0.25, 0.3) is 0 Å². The van der Waals surface area contributed by atoms with Crippen LogP contribution in [0, 0.1) is 5.92 Å². The second-order valence-corrected chi connectivity index (χ2v) is 7.61. The molecule has 1 heterocycles. The Morgan fingerprint density at radius 1 is 1.00 bits per heavy atom. The molecule has 28 heavy (non-hydrogen) atoms. The number of ether oxygens (including phenoxy) is 2. The van der Waals surface area contributed by atoms with Crippen molar-refractivity contribution < 1.29 is 34.4 Å². The van der Waals surface area contributed by atoms with E-state index in [0.717, 1.165) is 32.1 Å². The highest BCUT2D eigenvalue weighted by Crippen LogP contribution is 2.26. The molecule has 0 aliphatic carbocycles. The molecule has 0 bridgehead atoms. The maximum Gasteiger partial charge on any atom is 0.220 e. The number of hydrogen-bond donors (Lipinski definition) is 4. The van der Waals surface area contributed by atoms with E-state index in [1.54, 1.807) is 13.8 Å². The van der Waals surface area contributed by atoms with E-state index in [0.29, 0.717) is 32.4 Å². The van der Waals surface area contributed by atoms with Gasteiger partial charge in [0.15, 0.2) is 6.29 Å². The first kappa shape index (κ1) is 25.0. The lowest BCUT2D eigenvalue weighted by molar-refractivity contribution is -0.282. The standard InChI is InChI=1S/C20H37NO7/c1-14(23)9-6-4-3-5-7-11-21-17(24)10-8-12-27-20-15(2)18(25)19(26)16(13-22)28-20/h15-16,18-20,22,25-26H,3-13H2,1-2H3,(H,21,24). The minimum atomic E-state index is -1.14. The van der Waals surface area contributed by atoms with Crippen molar-refractivity contribution in [2.75, 3.05) is 19.8 Å². The Balaban J connectivity index is 2.05. The SMILES string of the molecule is CC(=O)CCCCCCCNC(=O)CCCOC1OC(CO)C(O)C(O)C1C. The molecule has 8 nitrogen and oxygen atoms in total. The zero-order valence-corrected chi connectivity index (χ0v) is 17.1. The molecule has 1 fully saturated rings. The lowest BCUT2D eigenvalue weighted by Gasteiger charge is -2.40. The predicted molar refractivity (Wildman–Crippen MR) is 104 cm³/mol. The summed E-state index contributed by atoms with van der Waals surface area (Å²) in [5.74, 6) is -0.216. The summed E-state index contributed by atoms with van der Waals surface area (Å²) >= 11 is 0. The van der Waals surface area contributed by atoms with E-state index in [-0.39, 0.29) is 11.7 Å². The topological polar surface area (TPSA) is 125 Å². The van der Waals surface area contributed by atoms with Crippen LogP contribution in [0.25, 0.3) is 0 Å². The van der Waals surface area contributed by atoms with Crippen LogP contribution >= 0.6 is 0 Å². The molecule has 4 N–H and O–H groups in total. The van der Waals surface area contributed by atoms with Gasteiger partial charge >= 0.3 is 0 Å². The molecule has 0 aromatic rings. The number of amides is 1. The third-order valence-electron chi connectivity index (χ3n) is 5.05. The molecule has 5 atom stereocenters. The van der Waals surface area contributed by atoms with E-state index in [1.807, 2.05) is 0 Å². The Labute approximate surface area is 167 Å². The van der Waals surface area contributed by atoms with Crippen molar-refractivity contribution in [2.45, 2.75) is 89.8 Å². The van der Waals surface area contributed by atoms with Crippen LogP contribution in [-0.4, -0.2) is 71.4 Å². The summed E-state index contributed by atoms with van der Waals surface area (Å²) in [6.07, 6.45) is 2.80. The predicted octanol–water partition coefficient (Wildman–Crippen LogP) is 0.904. The quantitative estimate of drug-likeness (QED) is 0.318. The van der Waals surface area contributed by atoms with E-state index >= 15 is 0 Å². The first-order chi connectivity index (χ1) is 13.4. The number of ketones is 1. The van der Waals surface area contributed by atoms with Crippen LogP contribution in [0.3, 0.4) is 0 Å². The van der Waals surface area contributed by atoms with Gasteiger partial charge in [0, 0.05) is 25.3 Å². The third-order valence-corrected chi connectivity index (χ3v) is 5.05. The lowest BCUT2D eigenvalue weighted by Crippen LogP contribution is -2.55. The smallest absolute Gasteiger partial charge is 0.220 e. The molecule has 0 saturated carbocycles. The van der Waals surface area contributed by atoms with Gasteiger partial charge in [-0.15, -0.1) is 0 Å². The number of hydrogen-bond acceptors (Lipinski definition) is 7. The van der Waals surface area contributed by atoms with Crippen molar-refractivity contribution in [3.8, 4) is 0 Å². The molecule has 0 aromatic heterocycles. The van der Waals surface area contributed by atoms with Crippen molar-refractivity contribution >= 4 is 11.7 Å². The highest BCUT2D eigenvalue weighted by atomic mass is 16.7. The van der Waals surface area contributed by atoms with Crippen LogP contribution in [-0.2, 0) is 19.1 Å². The van der Waals surface area contributed by atoms with Crippen LogP contribution in [0.15, 0.2) is 0 Å². The van der Waals surface area contributed by atoms with Crippen molar-refractivity contribution in [3.05, 3.63) is 0 Å². The first-order valence-corrected chi connectivity index (χ1v) is 10.4. The summed E-state index contributed by atoms with van der Waals surface area (Å²) in [4.78, 5) is 22.6. The molecular weight excluding hydrogens is 366 g/mol. The highest BCUT2D eigenvalue weighted by molar-refractivity contribution is 5.75. The second-order valence-electron chi connectivity index (χ2n) is 7.61. The van der Waals surface area contributed by atoms with Crippen molar-refractivity contribution in [1.29, 1.82) is 0 Å². The van der Waals surface area contributed by atoms with Crippen LogP contribution < -0.4 is 5.32 Å². The highest BCUT2D eigenvalue weighted by Gasteiger charge is 2.42. The van der Waals surface area contributed by atoms with Gasteiger partial charge < -0.3 is 34.9 Å². The molecule has 1 aliphatic heterocycles. The molecule has 1 saturated heterocycles. The molecular formula is C20H37NO7. The Morgan fingerprint density at radius 2 is 1.68 bits per heavy atom. The molecule has 5 unspecified atom stereocenters.